The highest BCUT2D eigenvalue weighted by atomic mass is 16.4. The van der Waals surface area contributed by atoms with E-state index in [-0.39, 0.29) is 6.01 Å². The zero-order valence-corrected chi connectivity index (χ0v) is 15.9. The van der Waals surface area contributed by atoms with Crippen LogP contribution < -0.4 is 16.0 Å². The molecule has 1 aliphatic heterocycles. The Morgan fingerprint density at radius 2 is 2.04 bits per heavy atom. The molecule has 0 spiro atoms. The number of rotatable bonds is 2. The van der Waals surface area contributed by atoms with E-state index in [4.69, 9.17) is 15.1 Å². The Balaban J connectivity index is 1.58. The first-order valence-electron chi connectivity index (χ1n) is 9.49. The maximum absolute atomic E-state index is 5.70. The van der Waals surface area contributed by atoms with Crippen molar-refractivity contribution < 1.29 is 4.42 Å². The van der Waals surface area contributed by atoms with E-state index < -0.39 is 0 Å². The average Bonchev–Trinajstić information content (AvgIpc) is 3.05. The normalized spacial score (nSPS) is 17.5. The number of fused-ring (bicyclic) bond motifs is 2. The van der Waals surface area contributed by atoms with Crippen LogP contribution in [-0.4, -0.2) is 40.6 Å². The topological polar surface area (TPSA) is 93.1 Å². The van der Waals surface area contributed by atoms with Crippen molar-refractivity contribution in [2.75, 3.05) is 30.3 Å². The predicted octanol–water partition coefficient (Wildman–Crippen LogP) is 3.13. The molecule has 1 fully saturated rings. The third kappa shape index (κ3) is 2.93. The number of nitrogen functional groups attached to an aromatic ring is 1. The Hall–Kier alpha value is -3.19. The van der Waals surface area contributed by atoms with Gasteiger partial charge in [0.25, 0.3) is 6.01 Å². The average molecular weight is 374 g/mol. The van der Waals surface area contributed by atoms with E-state index in [0.29, 0.717) is 11.6 Å². The van der Waals surface area contributed by atoms with E-state index in [0.717, 1.165) is 58.7 Å². The fourth-order valence-corrected chi connectivity index (χ4v) is 3.87. The molecule has 7 heteroatoms. The van der Waals surface area contributed by atoms with Crippen molar-refractivity contribution >= 4 is 34.0 Å². The van der Waals surface area contributed by atoms with Crippen molar-refractivity contribution in [2.24, 2.45) is 0 Å². The molecule has 3 heterocycles. The number of anilines is 2. The van der Waals surface area contributed by atoms with Crippen molar-refractivity contribution in [3.05, 3.63) is 42.1 Å². The first-order valence-corrected chi connectivity index (χ1v) is 9.49. The van der Waals surface area contributed by atoms with Gasteiger partial charge in [0.15, 0.2) is 5.58 Å². The van der Waals surface area contributed by atoms with Crippen LogP contribution in [0.4, 0.5) is 11.8 Å². The molecule has 2 aromatic carbocycles. The third-order valence-corrected chi connectivity index (χ3v) is 5.28. The lowest BCUT2D eigenvalue weighted by Gasteiger charge is -2.32. The molecule has 5 rings (SSSR count). The van der Waals surface area contributed by atoms with E-state index >= 15 is 0 Å². The summed E-state index contributed by atoms with van der Waals surface area (Å²) in [5.74, 6) is 0.925. The molecule has 142 valence electrons. The van der Waals surface area contributed by atoms with E-state index in [1.54, 1.807) is 0 Å². The van der Waals surface area contributed by atoms with Crippen molar-refractivity contribution in [3.63, 3.8) is 0 Å². The number of benzene rings is 2. The van der Waals surface area contributed by atoms with Gasteiger partial charge in [0.1, 0.15) is 11.3 Å². The summed E-state index contributed by atoms with van der Waals surface area (Å²) in [6, 6.07) is 10.8. The van der Waals surface area contributed by atoms with Gasteiger partial charge in [-0.05, 0) is 54.8 Å². The SMILES string of the molecule is Cc1cc2oc(N)nc2cc1-c1ccc2ncc(N3CCNC(C)C3)nc2c1. The number of nitrogens with one attached hydrogen (secondary N) is 1. The highest BCUT2D eigenvalue weighted by Crippen LogP contribution is 2.31. The molecule has 2 aromatic heterocycles. The van der Waals surface area contributed by atoms with Crippen LogP contribution >= 0.6 is 0 Å². The molecular formula is C21H22N6O. The molecule has 0 saturated carbocycles. The van der Waals surface area contributed by atoms with Gasteiger partial charge in [0.05, 0.1) is 17.2 Å². The fourth-order valence-electron chi connectivity index (χ4n) is 3.87. The van der Waals surface area contributed by atoms with Crippen LogP contribution in [0, 0.1) is 6.92 Å². The summed E-state index contributed by atoms with van der Waals surface area (Å²) >= 11 is 0. The summed E-state index contributed by atoms with van der Waals surface area (Å²) in [5.41, 5.74) is 12.2. The van der Waals surface area contributed by atoms with Gasteiger partial charge in [-0.15, -0.1) is 0 Å². The van der Waals surface area contributed by atoms with Crippen LogP contribution in [0.1, 0.15) is 12.5 Å². The highest BCUT2D eigenvalue weighted by Gasteiger charge is 2.18. The molecule has 1 saturated heterocycles. The van der Waals surface area contributed by atoms with E-state index in [1.165, 1.54) is 0 Å². The Kier molecular flexibility index (Phi) is 3.91. The molecule has 7 nitrogen and oxygen atoms in total. The number of nitrogens with two attached hydrogens (primary N) is 1. The lowest BCUT2D eigenvalue weighted by molar-refractivity contribution is 0.482. The zero-order chi connectivity index (χ0) is 19.3. The van der Waals surface area contributed by atoms with Gasteiger partial charge in [-0.1, -0.05) is 6.07 Å². The minimum Gasteiger partial charge on any atom is -0.424 e. The molecule has 0 aliphatic carbocycles. The van der Waals surface area contributed by atoms with Gasteiger partial charge in [0, 0.05) is 25.7 Å². The second-order valence-corrected chi connectivity index (χ2v) is 7.42. The summed E-state index contributed by atoms with van der Waals surface area (Å²) < 4.78 is 5.44. The summed E-state index contributed by atoms with van der Waals surface area (Å²) in [5, 5.41) is 3.46. The van der Waals surface area contributed by atoms with Crippen molar-refractivity contribution in [1.82, 2.24) is 20.3 Å². The van der Waals surface area contributed by atoms with Crippen LogP contribution in [0.25, 0.3) is 33.3 Å². The molecule has 1 aliphatic rings. The van der Waals surface area contributed by atoms with E-state index in [9.17, 15) is 0 Å². The number of piperazine rings is 1. The smallest absolute Gasteiger partial charge is 0.292 e. The summed E-state index contributed by atoms with van der Waals surface area (Å²) in [6.07, 6.45) is 1.87. The van der Waals surface area contributed by atoms with Gasteiger partial charge in [-0.3, -0.25) is 4.98 Å². The van der Waals surface area contributed by atoms with Crippen LogP contribution in [0.5, 0.6) is 0 Å². The molecular weight excluding hydrogens is 352 g/mol. The first kappa shape index (κ1) is 16.9. The van der Waals surface area contributed by atoms with Gasteiger partial charge in [-0.25, -0.2) is 4.98 Å². The van der Waals surface area contributed by atoms with Crippen LogP contribution in [0.15, 0.2) is 40.9 Å². The number of aryl methyl sites for hydroxylation is 1. The maximum atomic E-state index is 5.70. The van der Waals surface area contributed by atoms with Gasteiger partial charge < -0.3 is 20.4 Å². The molecule has 0 bridgehead atoms. The summed E-state index contributed by atoms with van der Waals surface area (Å²) in [6.45, 7) is 7.08. The number of hydrogen-bond donors (Lipinski definition) is 2. The lowest BCUT2D eigenvalue weighted by Crippen LogP contribution is -2.49. The fraction of sp³-hybridized carbons (Fsp3) is 0.286. The molecule has 1 unspecified atom stereocenters. The van der Waals surface area contributed by atoms with Crippen LogP contribution in [-0.2, 0) is 0 Å². The standard InChI is InChI=1S/C21H22N6O/c1-12-7-19-18(26-21(22)28-19)9-15(12)14-3-4-16-17(8-14)25-20(10-24-16)27-6-5-23-13(2)11-27/h3-4,7-10,13,23H,5-6,11H2,1-2H3,(H2,22,26). The molecule has 28 heavy (non-hydrogen) atoms. The molecule has 0 radical (unpaired) electrons. The van der Waals surface area contributed by atoms with Crippen molar-refractivity contribution in [1.29, 1.82) is 0 Å². The van der Waals surface area contributed by atoms with E-state index in [2.05, 4.69) is 46.2 Å². The summed E-state index contributed by atoms with van der Waals surface area (Å²) in [7, 11) is 0. The van der Waals surface area contributed by atoms with Crippen molar-refractivity contribution in [2.45, 2.75) is 19.9 Å². The Morgan fingerprint density at radius 1 is 1.14 bits per heavy atom. The van der Waals surface area contributed by atoms with Gasteiger partial charge >= 0.3 is 0 Å². The lowest BCUT2D eigenvalue weighted by atomic mass is 9.99. The van der Waals surface area contributed by atoms with Gasteiger partial charge in [0.2, 0.25) is 0 Å². The highest BCUT2D eigenvalue weighted by molar-refractivity contribution is 5.87. The third-order valence-electron chi connectivity index (χ3n) is 5.28. The number of aromatic nitrogens is 3. The predicted molar refractivity (Wildman–Crippen MR) is 111 cm³/mol. The van der Waals surface area contributed by atoms with Crippen molar-refractivity contribution in [3.8, 4) is 11.1 Å². The molecule has 1 atom stereocenters. The zero-order valence-electron chi connectivity index (χ0n) is 15.9. The minimum atomic E-state index is 0.186. The molecule has 3 N–H and O–H groups in total. The quantitative estimate of drug-likeness (QED) is 0.557. The Bertz CT molecular complexity index is 1180. The first-order chi connectivity index (χ1) is 13.6. The number of nitrogens with zero attached hydrogens (tertiary/aromatic N) is 4. The maximum Gasteiger partial charge on any atom is 0.292 e. The second-order valence-electron chi connectivity index (χ2n) is 7.42. The Morgan fingerprint density at radius 3 is 2.89 bits per heavy atom. The van der Waals surface area contributed by atoms with E-state index in [1.807, 2.05) is 24.4 Å². The van der Waals surface area contributed by atoms with Crippen LogP contribution in [0.2, 0.25) is 0 Å². The number of oxazole rings is 1. The Labute approximate surface area is 162 Å². The molecule has 4 aromatic rings. The monoisotopic (exact) mass is 374 g/mol. The molecule has 0 amide bonds. The van der Waals surface area contributed by atoms with Crippen LogP contribution in [0.3, 0.4) is 0 Å². The largest absolute Gasteiger partial charge is 0.424 e. The van der Waals surface area contributed by atoms with Gasteiger partial charge in [-0.2, -0.15) is 4.98 Å². The second kappa shape index (κ2) is 6.45. The minimum absolute atomic E-state index is 0.186. The summed E-state index contributed by atoms with van der Waals surface area (Å²) in [4.78, 5) is 16.1. The number of hydrogen-bond acceptors (Lipinski definition) is 7.